The van der Waals surface area contributed by atoms with E-state index in [1.807, 2.05) is 6.92 Å². The highest BCUT2D eigenvalue weighted by Crippen LogP contribution is 2.28. The maximum absolute atomic E-state index is 12.9. The Morgan fingerprint density at radius 3 is 2.15 bits per heavy atom. The van der Waals surface area contributed by atoms with Gasteiger partial charge in [-0.25, -0.2) is 0 Å². The first-order chi connectivity index (χ1) is 12.8. The lowest BCUT2D eigenvalue weighted by atomic mass is 10.2. The molecule has 0 spiro atoms. The molecule has 1 aromatic heterocycles. The van der Waals surface area contributed by atoms with Crippen LogP contribution in [-0.2, 0) is 10.0 Å². The van der Waals surface area contributed by atoms with Crippen LogP contribution in [0.5, 0.6) is 5.75 Å². The molecule has 0 unspecified atom stereocenters. The van der Waals surface area contributed by atoms with Crippen molar-refractivity contribution in [2.24, 2.45) is 10.2 Å². The van der Waals surface area contributed by atoms with Crippen LogP contribution in [-0.4, -0.2) is 24.7 Å². The van der Waals surface area contributed by atoms with Crippen molar-refractivity contribution in [2.75, 3.05) is 7.11 Å². The minimum atomic E-state index is -3.79. The Hall–Kier alpha value is -3.00. The maximum Gasteiger partial charge on any atom is 0.283 e. The van der Waals surface area contributed by atoms with Crippen LogP contribution in [0.3, 0.4) is 0 Å². The fourth-order valence-corrected chi connectivity index (χ4v) is 3.91. The number of aromatic nitrogens is 2. The molecule has 27 heavy (non-hydrogen) atoms. The SMILES string of the molecule is COc1ccc(N=Nc2c(C)nn(S(=O)(=O)c3ccc(C)cc3)c2C)cc1. The second kappa shape index (κ2) is 7.32. The monoisotopic (exact) mass is 384 g/mol. The lowest BCUT2D eigenvalue weighted by Gasteiger charge is -2.06. The third-order valence-electron chi connectivity index (χ3n) is 4.10. The van der Waals surface area contributed by atoms with Crippen LogP contribution in [0.2, 0.25) is 0 Å². The summed E-state index contributed by atoms with van der Waals surface area (Å²) >= 11 is 0. The minimum Gasteiger partial charge on any atom is -0.497 e. The third-order valence-corrected chi connectivity index (χ3v) is 5.78. The zero-order chi connectivity index (χ0) is 19.6. The van der Waals surface area contributed by atoms with Gasteiger partial charge in [0.05, 0.1) is 29.1 Å². The number of ether oxygens (including phenoxy) is 1. The Bertz CT molecular complexity index is 1080. The molecular formula is C19H20N4O3S. The van der Waals surface area contributed by atoms with Crippen molar-refractivity contribution in [1.29, 1.82) is 0 Å². The van der Waals surface area contributed by atoms with Gasteiger partial charge in [-0.05, 0) is 57.2 Å². The summed E-state index contributed by atoms with van der Waals surface area (Å²) in [6.45, 7) is 5.27. The van der Waals surface area contributed by atoms with Crippen molar-refractivity contribution in [1.82, 2.24) is 9.19 Å². The van der Waals surface area contributed by atoms with Gasteiger partial charge < -0.3 is 4.74 Å². The fourth-order valence-electron chi connectivity index (χ4n) is 2.56. The van der Waals surface area contributed by atoms with Gasteiger partial charge in [-0.1, -0.05) is 17.7 Å². The summed E-state index contributed by atoms with van der Waals surface area (Å²) < 4.78 is 31.9. The van der Waals surface area contributed by atoms with E-state index in [2.05, 4.69) is 15.3 Å². The molecule has 0 radical (unpaired) electrons. The van der Waals surface area contributed by atoms with Gasteiger partial charge in [0.25, 0.3) is 10.0 Å². The van der Waals surface area contributed by atoms with Crippen molar-refractivity contribution in [3.63, 3.8) is 0 Å². The zero-order valence-electron chi connectivity index (χ0n) is 15.5. The van der Waals surface area contributed by atoms with E-state index in [4.69, 9.17) is 4.74 Å². The fraction of sp³-hybridized carbons (Fsp3) is 0.211. The number of nitrogens with zero attached hydrogens (tertiary/aromatic N) is 4. The standard InChI is InChI=1S/C19H20N4O3S/c1-13-5-11-18(12-6-13)27(24,25)23-15(3)19(14(2)22-23)21-20-16-7-9-17(26-4)10-8-16/h5-12H,1-4H3. The second-order valence-electron chi connectivity index (χ2n) is 6.08. The summed E-state index contributed by atoms with van der Waals surface area (Å²) in [6.07, 6.45) is 0. The van der Waals surface area contributed by atoms with Crippen molar-refractivity contribution >= 4 is 21.4 Å². The number of azo groups is 1. The van der Waals surface area contributed by atoms with Crippen molar-refractivity contribution in [3.8, 4) is 5.75 Å². The number of hydrogen-bond donors (Lipinski definition) is 0. The highest BCUT2D eigenvalue weighted by Gasteiger charge is 2.23. The predicted octanol–water partition coefficient (Wildman–Crippen LogP) is 4.47. The Labute approximate surface area is 158 Å². The van der Waals surface area contributed by atoms with Gasteiger partial charge in [0.15, 0.2) is 0 Å². The average molecular weight is 384 g/mol. The molecule has 0 aliphatic heterocycles. The third kappa shape index (κ3) is 3.75. The summed E-state index contributed by atoms with van der Waals surface area (Å²) in [5, 5.41) is 12.6. The molecule has 3 rings (SSSR count). The Balaban J connectivity index is 1.96. The van der Waals surface area contributed by atoms with E-state index in [9.17, 15) is 8.42 Å². The number of hydrogen-bond acceptors (Lipinski definition) is 6. The largest absolute Gasteiger partial charge is 0.497 e. The Kier molecular flexibility index (Phi) is 5.09. The summed E-state index contributed by atoms with van der Waals surface area (Å²) in [5.41, 5.74) is 2.94. The molecule has 140 valence electrons. The zero-order valence-corrected chi connectivity index (χ0v) is 16.4. The Morgan fingerprint density at radius 2 is 1.56 bits per heavy atom. The molecule has 0 aliphatic rings. The topological polar surface area (TPSA) is 85.9 Å². The van der Waals surface area contributed by atoms with Gasteiger partial charge in [-0.3, -0.25) is 0 Å². The lowest BCUT2D eigenvalue weighted by molar-refractivity contribution is 0.415. The number of rotatable bonds is 5. The van der Waals surface area contributed by atoms with E-state index in [-0.39, 0.29) is 4.90 Å². The summed E-state index contributed by atoms with van der Waals surface area (Å²) in [6, 6.07) is 13.7. The smallest absolute Gasteiger partial charge is 0.283 e. The molecule has 0 bridgehead atoms. The molecule has 7 nitrogen and oxygen atoms in total. The molecule has 0 amide bonds. The van der Waals surface area contributed by atoms with Gasteiger partial charge in [-0.15, -0.1) is 5.11 Å². The molecule has 0 saturated carbocycles. The molecule has 2 aromatic carbocycles. The number of benzene rings is 2. The van der Waals surface area contributed by atoms with Crippen molar-refractivity contribution in [3.05, 3.63) is 65.5 Å². The molecule has 0 atom stereocenters. The molecule has 0 fully saturated rings. The van der Waals surface area contributed by atoms with Crippen LogP contribution in [0.4, 0.5) is 11.4 Å². The minimum absolute atomic E-state index is 0.178. The van der Waals surface area contributed by atoms with Gasteiger partial charge in [-0.2, -0.15) is 22.7 Å². The molecule has 8 heteroatoms. The molecule has 1 heterocycles. The summed E-state index contributed by atoms with van der Waals surface area (Å²) in [7, 11) is -2.20. The average Bonchev–Trinajstić information content (AvgIpc) is 2.95. The van der Waals surface area contributed by atoms with E-state index in [1.54, 1.807) is 69.5 Å². The predicted molar refractivity (Wildman–Crippen MR) is 103 cm³/mol. The normalized spacial score (nSPS) is 11.9. The van der Waals surface area contributed by atoms with E-state index in [1.165, 1.54) is 0 Å². The quantitative estimate of drug-likeness (QED) is 0.607. The van der Waals surface area contributed by atoms with Gasteiger partial charge >= 0.3 is 0 Å². The Morgan fingerprint density at radius 1 is 0.926 bits per heavy atom. The molecule has 0 saturated heterocycles. The summed E-state index contributed by atoms with van der Waals surface area (Å²) in [4.78, 5) is 0.178. The van der Waals surface area contributed by atoms with E-state index in [0.717, 1.165) is 15.4 Å². The first-order valence-corrected chi connectivity index (χ1v) is 9.71. The number of methoxy groups -OCH3 is 1. The highest BCUT2D eigenvalue weighted by molar-refractivity contribution is 7.89. The van der Waals surface area contributed by atoms with Crippen LogP contribution in [0, 0.1) is 20.8 Å². The summed E-state index contributed by atoms with van der Waals surface area (Å²) in [5.74, 6) is 0.721. The lowest BCUT2D eigenvalue weighted by Crippen LogP contribution is -2.16. The van der Waals surface area contributed by atoms with E-state index < -0.39 is 10.0 Å². The van der Waals surface area contributed by atoms with Crippen molar-refractivity contribution in [2.45, 2.75) is 25.7 Å². The van der Waals surface area contributed by atoms with E-state index >= 15 is 0 Å². The molecule has 3 aromatic rings. The van der Waals surface area contributed by atoms with E-state index in [0.29, 0.717) is 22.8 Å². The molecule has 0 aliphatic carbocycles. The highest BCUT2D eigenvalue weighted by atomic mass is 32.2. The van der Waals surface area contributed by atoms with Crippen LogP contribution in [0.25, 0.3) is 0 Å². The first-order valence-electron chi connectivity index (χ1n) is 8.27. The van der Waals surface area contributed by atoms with Crippen LogP contribution in [0.15, 0.2) is 63.7 Å². The van der Waals surface area contributed by atoms with Gasteiger partial charge in [0, 0.05) is 0 Å². The van der Waals surface area contributed by atoms with Crippen LogP contribution >= 0.6 is 0 Å². The molecule has 0 N–H and O–H groups in total. The first kappa shape index (κ1) is 18.8. The number of aryl methyl sites for hydroxylation is 2. The van der Waals surface area contributed by atoms with Gasteiger partial charge in [0.2, 0.25) is 0 Å². The van der Waals surface area contributed by atoms with Gasteiger partial charge in [0.1, 0.15) is 11.4 Å². The maximum atomic E-state index is 12.9. The molecular weight excluding hydrogens is 364 g/mol. The van der Waals surface area contributed by atoms with Crippen LogP contribution in [0.1, 0.15) is 17.0 Å². The van der Waals surface area contributed by atoms with Crippen LogP contribution < -0.4 is 4.74 Å². The second-order valence-corrected chi connectivity index (χ2v) is 7.85. The van der Waals surface area contributed by atoms with Crippen molar-refractivity contribution < 1.29 is 13.2 Å².